The summed E-state index contributed by atoms with van der Waals surface area (Å²) in [5.41, 5.74) is 2.59. The Bertz CT molecular complexity index is 1460. The molecule has 0 amide bonds. The molecule has 1 aliphatic rings. The summed E-state index contributed by atoms with van der Waals surface area (Å²) in [4.78, 5) is 30.6. The number of fused-ring (bicyclic) bond motifs is 2. The van der Waals surface area contributed by atoms with Gasteiger partial charge in [-0.15, -0.1) is 0 Å². The van der Waals surface area contributed by atoms with Gasteiger partial charge in [0.15, 0.2) is 35.4 Å². The van der Waals surface area contributed by atoms with E-state index in [2.05, 4.69) is 0 Å². The summed E-state index contributed by atoms with van der Waals surface area (Å²) in [5, 5.41) is 0.624. The second-order valence-corrected chi connectivity index (χ2v) is 8.00. The van der Waals surface area contributed by atoms with Gasteiger partial charge in [-0.2, -0.15) is 0 Å². The number of ketones is 1. The second kappa shape index (κ2) is 9.95. The van der Waals surface area contributed by atoms with Crippen LogP contribution in [0.25, 0.3) is 22.2 Å². The fourth-order valence-corrected chi connectivity index (χ4v) is 4.00. The molecular weight excluding hydrogens is 462 g/mol. The number of esters is 1. The molecule has 0 spiro atoms. The normalized spacial score (nSPS) is 12.2. The quantitative estimate of drug-likeness (QED) is 0.274. The number of rotatable bonds is 7. The van der Waals surface area contributed by atoms with Crippen LogP contribution >= 0.6 is 0 Å². The first-order valence-corrected chi connectivity index (χ1v) is 11.3. The molecule has 4 aromatic rings. The first kappa shape index (κ1) is 23.2. The zero-order valence-electron chi connectivity index (χ0n) is 19.8. The average Bonchev–Trinajstić information content (AvgIpc) is 2.94. The molecule has 0 aliphatic carbocycles. The Morgan fingerprint density at radius 3 is 2.44 bits per heavy atom. The van der Waals surface area contributed by atoms with Gasteiger partial charge in [0.05, 0.1) is 31.0 Å². The summed E-state index contributed by atoms with van der Waals surface area (Å²) in [5.74, 6) is 1.23. The molecule has 1 aromatic heterocycles. The first-order chi connectivity index (χ1) is 17.6. The fraction of sp³-hybridized carbons (Fsp3) is 0.179. The van der Waals surface area contributed by atoms with Crippen LogP contribution in [0.4, 0.5) is 0 Å². The van der Waals surface area contributed by atoms with E-state index >= 15 is 0 Å². The number of nitrogens with zero attached hydrogens (tertiary/aromatic N) is 1. The van der Waals surface area contributed by atoms with Gasteiger partial charge in [0, 0.05) is 16.5 Å². The van der Waals surface area contributed by atoms with Gasteiger partial charge in [-0.05, 0) is 48.5 Å². The number of hydrogen-bond donors (Lipinski definition) is 0. The molecule has 0 N–H and O–H groups in total. The highest BCUT2D eigenvalue weighted by molar-refractivity contribution is 6.06. The van der Waals surface area contributed by atoms with Crippen LogP contribution in [0, 0.1) is 0 Å². The molecule has 0 saturated heterocycles. The van der Waals surface area contributed by atoms with E-state index in [1.165, 1.54) is 0 Å². The summed E-state index contributed by atoms with van der Waals surface area (Å²) in [6, 6.07) is 19.2. The second-order valence-electron chi connectivity index (χ2n) is 8.00. The number of aromatic nitrogens is 1. The standard InChI is InChI=1S/C28H23NO7/c1-32-24-9-7-17(13-26(24)33-2)22-15-20(19-5-3-4-6-21(19)29-22)28(31)36-16-23(30)18-8-10-25-27(14-18)35-12-11-34-25/h3-10,13-15H,11-12,16H2,1-2H3. The third-order valence-corrected chi connectivity index (χ3v) is 5.81. The highest BCUT2D eigenvalue weighted by Gasteiger charge is 2.19. The van der Waals surface area contributed by atoms with Gasteiger partial charge >= 0.3 is 5.97 Å². The van der Waals surface area contributed by atoms with Crippen LogP contribution in [-0.2, 0) is 4.74 Å². The van der Waals surface area contributed by atoms with Crippen molar-refractivity contribution >= 4 is 22.7 Å². The van der Waals surface area contributed by atoms with Crippen molar-refractivity contribution in [3.63, 3.8) is 0 Å². The number of carbonyl (C=O) groups excluding carboxylic acids is 2. The Kier molecular flexibility index (Phi) is 6.40. The molecule has 0 atom stereocenters. The van der Waals surface area contributed by atoms with Crippen molar-refractivity contribution in [1.29, 1.82) is 0 Å². The Hall–Kier alpha value is -4.59. The van der Waals surface area contributed by atoms with Crippen molar-refractivity contribution in [2.24, 2.45) is 0 Å². The fourth-order valence-electron chi connectivity index (χ4n) is 4.00. The van der Waals surface area contributed by atoms with Crippen LogP contribution in [0.5, 0.6) is 23.0 Å². The lowest BCUT2D eigenvalue weighted by Crippen LogP contribution is -2.17. The van der Waals surface area contributed by atoms with E-state index in [9.17, 15) is 9.59 Å². The predicted octanol–water partition coefficient (Wildman–Crippen LogP) is 4.73. The topological polar surface area (TPSA) is 93.2 Å². The zero-order valence-corrected chi connectivity index (χ0v) is 19.8. The maximum Gasteiger partial charge on any atom is 0.339 e. The highest BCUT2D eigenvalue weighted by atomic mass is 16.6. The van der Waals surface area contributed by atoms with Crippen LogP contribution in [0.3, 0.4) is 0 Å². The molecule has 1 aliphatic heterocycles. The molecule has 0 bridgehead atoms. The van der Waals surface area contributed by atoms with Crippen LogP contribution in [-0.4, -0.2) is 50.8 Å². The van der Waals surface area contributed by atoms with Crippen molar-refractivity contribution in [2.45, 2.75) is 0 Å². The smallest absolute Gasteiger partial charge is 0.339 e. The van der Waals surface area contributed by atoms with E-state index in [1.807, 2.05) is 24.3 Å². The lowest BCUT2D eigenvalue weighted by atomic mass is 10.0. The number of pyridine rings is 1. The third-order valence-electron chi connectivity index (χ3n) is 5.81. The molecule has 0 radical (unpaired) electrons. The third kappa shape index (κ3) is 4.53. The van der Waals surface area contributed by atoms with E-state index in [4.69, 9.17) is 28.7 Å². The van der Waals surface area contributed by atoms with E-state index in [-0.39, 0.29) is 5.78 Å². The van der Waals surface area contributed by atoms with Crippen molar-refractivity contribution in [3.8, 4) is 34.3 Å². The van der Waals surface area contributed by atoms with Crippen molar-refractivity contribution < 1.29 is 33.3 Å². The number of hydrogen-bond acceptors (Lipinski definition) is 8. The van der Waals surface area contributed by atoms with Crippen LogP contribution < -0.4 is 18.9 Å². The van der Waals surface area contributed by atoms with Gasteiger partial charge in [-0.1, -0.05) is 18.2 Å². The molecule has 8 nitrogen and oxygen atoms in total. The Morgan fingerprint density at radius 2 is 1.64 bits per heavy atom. The predicted molar refractivity (Wildman–Crippen MR) is 132 cm³/mol. The molecule has 0 unspecified atom stereocenters. The molecule has 3 aromatic carbocycles. The van der Waals surface area contributed by atoms with Gasteiger partial charge in [-0.3, -0.25) is 4.79 Å². The molecule has 182 valence electrons. The number of ether oxygens (including phenoxy) is 5. The SMILES string of the molecule is COc1ccc(-c2cc(C(=O)OCC(=O)c3ccc4c(c3)OCCO4)c3ccccc3n2)cc1OC. The van der Waals surface area contributed by atoms with Gasteiger partial charge in [0.25, 0.3) is 0 Å². The number of benzene rings is 3. The van der Waals surface area contributed by atoms with Crippen LogP contribution in [0.15, 0.2) is 66.7 Å². The summed E-state index contributed by atoms with van der Waals surface area (Å²) in [6.45, 7) is 0.459. The van der Waals surface area contributed by atoms with E-state index in [1.54, 1.807) is 56.7 Å². The Morgan fingerprint density at radius 1 is 0.861 bits per heavy atom. The largest absolute Gasteiger partial charge is 0.493 e. The Balaban J connectivity index is 1.42. The van der Waals surface area contributed by atoms with E-state index in [0.717, 1.165) is 5.56 Å². The van der Waals surface area contributed by atoms with Crippen LogP contribution in [0.1, 0.15) is 20.7 Å². The Labute approximate surface area is 207 Å². The number of Topliss-reactive ketones (excluding diaryl/α,β-unsaturated/α-hetero) is 1. The minimum Gasteiger partial charge on any atom is -0.493 e. The van der Waals surface area contributed by atoms with Crippen molar-refractivity contribution in [1.82, 2.24) is 4.98 Å². The number of para-hydroxylation sites is 1. The number of methoxy groups -OCH3 is 2. The summed E-state index contributed by atoms with van der Waals surface area (Å²) < 4.78 is 27.2. The maximum atomic E-state index is 13.1. The first-order valence-electron chi connectivity index (χ1n) is 11.3. The maximum absolute atomic E-state index is 13.1. The minimum absolute atomic E-state index is 0.306. The summed E-state index contributed by atoms with van der Waals surface area (Å²) >= 11 is 0. The average molecular weight is 485 g/mol. The summed E-state index contributed by atoms with van der Waals surface area (Å²) in [6.07, 6.45) is 0. The zero-order chi connectivity index (χ0) is 25.1. The molecule has 2 heterocycles. The number of carbonyl (C=O) groups is 2. The molecular formula is C28H23NO7. The molecule has 36 heavy (non-hydrogen) atoms. The van der Waals surface area contributed by atoms with E-state index in [0.29, 0.717) is 63.9 Å². The van der Waals surface area contributed by atoms with Crippen molar-refractivity contribution in [3.05, 3.63) is 77.9 Å². The minimum atomic E-state index is -0.624. The molecule has 0 saturated carbocycles. The molecule has 5 rings (SSSR count). The van der Waals surface area contributed by atoms with Gasteiger partial charge in [0.2, 0.25) is 0 Å². The van der Waals surface area contributed by atoms with Crippen LogP contribution in [0.2, 0.25) is 0 Å². The monoisotopic (exact) mass is 485 g/mol. The lowest BCUT2D eigenvalue weighted by Gasteiger charge is -2.18. The van der Waals surface area contributed by atoms with Gasteiger partial charge in [0.1, 0.15) is 13.2 Å². The lowest BCUT2D eigenvalue weighted by molar-refractivity contribution is 0.0476. The highest BCUT2D eigenvalue weighted by Crippen LogP contribution is 2.34. The molecule has 8 heteroatoms. The van der Waals surface area contributed by atoms with Gasteiger partial charge in [-0.25, -0.2) is 9.78 Å². The van der Waals surface area contributed by atoms with Crippen molar-refractivity contribution in [2.75, 3.05) is 34.0 Å². The van der Waals surface area contributed by atoms with E-state index < -0.39 is 12.6 Å². The molecule has 0 fully saturated rings. The summed E-state index contributed by atoms with van der Waals surface area (Å²) in [7, 11) is 3.11. The van der Waals surface area contributed by atoms with Gasteiger partial charge < -0.3 is 23.7 Å².